The minimum Gasteiger partial charge on any atom is -0.343 e. The van der Waals surface area contributed by atoms with E-state index < -0.39 is 0 Å². The minimum atomic E-state index is 0.866. The van der Waals surface area contributed by atoms with E-state index in [0.29, 0.717) is 0 Å². The van der Waals surface area contributed by atoms with E-state index in [1.54, 1.807) is 0 Å². The Balaban J connectivity index is 1.76. The summed E-state index contributed by atoms with van der Waals surface area (Å²) in [5.74, 6) is 0.950. The standard InChI is InChI=1S/C15H17ClN2/c1-12-17-11-14(18-12)9-4-2-3-7-13-8-5-6-10-15(13)16/h4-6,8-11H,2-3,7H2,1H3,(H,17,18). The lowest BCUT2D eigenvalue weighted by molar-refractivity contribution is 0.845. The van der Waals surface area contributed by atoms with Crippen molar-refractivity contribution in [3.8, 4) is 0 Å². The first kappa shape index (κ1) is 12.9. The monoisotopic (exact) mass is 260 g/mol. The molecule has 0 aliphatic carbocycles. The van der Waals surface area contributed by atoms with Gasteiger partial charge in [0.1, 0.15) is 5.82 Å². The van der Waals surface area contributed by atoms with Crippen molar-refractivity contribution in [2.75, 3.05) is 0 Å². The van der Waals surface area contributed by atoms with Crippen LogP contribution in [0.4, 0.5) is 0 Å². The Kier molecular flexibility index (Phi) is 4.59. The van der Waals surface area contributed by atoms with Crippen molar-refractivity contribution in [1.82, 2.24) is 9.97 Å². The van der Waals surface area contributed by atoms with Crippen molar-refractivity contribution in [1.29, 1.82) is 0 Å². The number of H-pyrrole nitrogens is 1. The number of hydrogen-bond acceptors (Lipinski definition) is 1. The quantitative estimate of drug-likeness (QED) is 0.793. The maximum atomic E-state index is 6.10. The number of aromatic amines is 1. The number of imidazole rings is 1. The van der Waals surface area contributed by atoms with Crippen molar-refractivity contribution in [2.45, 2.75) is 26.2 Å². The van der Waals surface area contributed by atoms with Crippen LogP contribution in [0.15, 0.2) is 36.5 Å². The molecule has 1 aromatic carbocycles. The molecular weight excluding hydrogens is 244 g/mol. The topological polar surface area (TPSA) is 28.7 Å². The molecular formula is C15H17ClN2. The third-order valence-corrected chi connectivity index (χ3v) is 3.16. The minimum absolute atomic E-state index is 0.866. The van der Waals surface area contributed by atoms with E-state index in [-0.39, 0.29) is 0 Å². The Morgan fingerprint density at radius 1 is 1.33 bits per heavy atom. The number of nitrogens with zero attached hydrogens (tertiary/aromatic N) is 1. The average molecular weight is 261 g/mol. The van der Waals surface area contributed by atoms with Gasteiger partial charge in [-0.15, -0.1) is 0 Å². The van der Waals surface area contributed by atoms with Crippen LogP contribution >= 0.6 is 11.6 Å². The van der Waals surface area contributed by atoms with Crippen LogP contribution in [0, 0.1) is 6.92 Å². The highest BCUT2D eigenvalue weighted by Gasteiger charge is 1.97. The Hall–Kier alpha value is -1.54. The summed E-state index contributed by atoms with van der Waals surface area (Å²) in [6.07, 6.45) is 9.26. The summed E-state index contributed by atoms with van der Waals surface area (Å²) >= 11 is 6.10. The molecule has 0 fully saturated rings. The molecule has 1 heterocycles. The predicted molar refractivity (Wildman–Crippen MR) is 76.7 cm³/mol. The first-order chi connectivity index (χ1) is 8.75. The van der Waals surface area contributed by atoms with Gasteiger partial charge in [0.05, 0.1) is 11.9 Å². The van der Waals surface area contributed by atoms with Gasteiger partial charge in [-0.3, -0.25) is 0 Å². The summed E-state index contributed by atoms with van der Waals surface area (Å²) in [6.45, 7) is 1.95. The molecule has 0 spiro atoms. The molecule has 0 aliphatic rings. The lowest BCUT2D eigenvalue weighted by Crippen LogP contribution is -1.85. The number of halogens is 1. The number of nitrogens with one attached hydrogen (secondary N) is 1. The summed E-state index contributed by atoms with van der Waals surface area (Å²) < 4.78 is 0. The summed E-state index contributed by atoms with van der Waals surface area (Å²) in [5, 5.41) is 0.866. The second-order valence-electron chi connectivity index (χ2n) is 4.31. The number of unbranched alkanes of at least 4 members (excludes halogenated alkanes) is 1. The van der Waals surface area contributed by atoms with Gasteiger partial charge in [-0.05, 0) is 43.9 Å². The van der Waals surface area contributed by atoms with Crippen LogP contribution in [0.5, 0.6) is 0 Å². The Labute approximate surface area is 113 Å². The van der Waals surface area contributed by atoms with Gasteiger partial charge in [-0.1, -0.05) is 35.9 Å². The maximum Gasteiger partial charge on any atom is 0.103 e. The van der Waals surface area contributed by atoms with E-state index in [9.17, 15) is 0 Å². The first-order valence-electron chi connectivity index (χ1n) is 6.17. The number of aromatic nitrogens is 2. The summed E-state index contributed by atoms with van der Waals surface area (Å²) in [6, 6.07) is 8.03. The summed E-state index contributed by atoms with van der Waals surface area (Å²) in [5.41, 5.74) is 2.29. The molecule has 2 nitrogen and oxygen atoms in total. The van der Waals surface area contributed by atoms with Crippen LogP contribution in [-0.2, 0) is 6.42 Å². The molecule has 0 amide bonds. The molecule has 0 atom stereocenters. The summed E-state index contributed by atoms with van der Waals surface area (Å²) in [4.78, 5) is 7.33. The van der Waals surface area contributed by atoms with Gasteiger partial charge in [0.2, 0.25) is 0 Å². The van der Waals surface area contributed by atoms with Crippen molar-refractivity contribution in [3.05, 3.63) is 58.6 Å². The van der Waals surface area contributed by atoms with E-state index >= 15 is 0 Å². The van der Waals surface area contributed by atoms with E-state index in [0.717, 1.165) is 35.8 Å². The lowest BCUT2D eigenvalue weighted by Gasteiger charge is -2.01. The smallest absolute Gasteiger partial charge is 0.103 e. The first-order valence-corrected chi connectivity index (χ1v) is 6.55. The van der Waals surface area contributed by atoms with Crippen LogP contribution < -0.4 is 0 Å². The SMILES string of the molecule is Cc1ncc(C=CCCCc2ccccc2Cl)[nH]1. The van der Waals surface area contributed by atoms with Gasteiger partial charge < -0.3 is 4.98 Å². The van der Waals surface area contributed by atoms with Crippen LogP contribution in [0.3, 0.4) is 0 Å². The van der Waals surface area contributed by atoms with Gasteiger partial charge in [-0.25, -0.2) is 4.98 Å². The number of benzene rings is 1. The largest absolute Gasteiger partial charge is 0.343 e. The molecule has 2 rings (SSSR count). The van der Waals surface area contributed by atoms with Crippen molar-refractivity contribution < 1.29 is 0 Å². The Bertz CT molecular complexity index is 529. The molecule has 18 heavy (non-hydrogen) atoms. The number of allylic oxidation sites excluding steroid dienone is 1. The zero-order valence-electron chi connectivity index (χ0n) is 10.5. The normalized spacial score (nSPS) is 11.2. The highest BCUT2D eigenvalue weighted by atomic mass is 35.5. The van der Waals surface area contributed by atoms with Crippen molar-refractivity contribution >= 4 is 17.7 Å². The predicted octanol–water partition coefficient (Wildman–Crippen LogP) is 4.41. The van der Waals surface area contributed by atoms with Crippen LogP contribution in [0.25, 0.3) is 6.08 Å². The van der Waals surface area contributed by atoms with Crippen LogP contribution in [0.1, 0.15) is 29.9 Å². The Morgan fingerprint density at radius 2 is 2.17 bits per heavy atom. The fourth-order valence-electron chi connectivity index (χ4n) is 1.85. The van der Waals surface area contributed by atoms with Gasteiger partial charge in [0.25, 0.3) is 0 Å². The zero-order valence-corrected chi connectivity index (χ0v) is 11.2. The van der Waals surface area contributed by atoms with Gasteiger partial charge >= 0.3 is 0 Å². The molecule has 2 aromatic rings. The van der Waals surface area contributed by atoms with E-state index in [1.807, 2.05) is 31.3 Å². The highest BCUT2D eigenvalue weighted by molar-refractivity contribution is 6.31. The number of rotatable bonds is 5. The van der Waals surface area contributed by atoms with Gasteiger partial charge in [0, 0.05) is 5.02 Å². The molecule has 94 valence electrons. The Morgan fingerprint density at radius 3 is 2.89 bits per heavy atom. The molecule has 0 radical (unpaired) electrons. The number of hydrogen-bond donors (Lipinski definition) is 1. The molecule has 1 N–H and O–H groups in total. The third-order valence-electron chi connectivity index (χ3n) is 2.79. The van der Waals surface area contributed by atoms with Crippen LogP contribution in [-0.4, -0.2) is 9.97 Å². The molecule has 0 unspecified atom stereocenters. The van der Waals surface area contributed by atoms with Crippen molar-refractivity contribution in [3.63, 3.8) is 0 Å². The summed E-state index contributed by atoms with van der Waals surface area (Å²) in [7, 11) is 0. The van der Waals surface area contributed by atoms with E-state index in [2.05, 4.69) is 28.2 Å². The molecule has 0 saturated heterocycles. The second-order valence-corrected chi connectivity index (χ2v) is 4.72. The van der Waals surface area contributed by atoms with E-state index in [4.69, 9.17) is 11.6 Å². The fourth-order valence-corrected chi connectivity index (χ4v) is 2.08. The molecule has 3 heteroatoms. The molecule has 0 bridgehead atoms. The van der Waals surface area contributed by atoms with Crippen LogP contribution in [0.2, 0.25) is 5.02 Å². The lowest BCUT2D eigenvalue weighted by atomic mass is 10.1. The maximum absolute atomic E-state index is 6.10. The zero-order chi connectivity index (χ0) is 12.8. The average Bonchev–Trinajstić information content (AvgIpc) is 2.77. The fraction of sp³-hybridized carbons (Fsp3) is 0.267. The van der Waals surface area contributed by atoms with E-state index in [1.165, 1.54) is 5.56 Å². The third kappa shape index (κ3) is 3.74. The molecule has 0 aliphatic heterocycles. The van der Waals surface area contributed by atoms with Gasteiger partial charge in [0.15, 0.2) is 0 Å². The number of aryl methyl sites for hydroxylation is 2. The highest BCUT2D eigenvalue weighted by Crippen LogP contribution is 2.17. The molecule has 1 aromatic heterocycles. The van der Waals surface area contributed by atoms with Crippen molar-refractivity contribution in [2.24, 2.45) is 0 Å². The second kappa shape index (κ2) is 6.41. The molecule has 0 saturated carbocycles. The van der Waals surface area contributed by atoms with Gasteiger partial charge in [-0.2, -0.15) is 0 Å².